The number of carbonyl (C=O) groups is 1. The van der Waals surface area contributed by atoms with Crippen LogP contribution in [0.2, 0.25) is 0 Å². The maximum atomic E-state index is 10.9. The molecule has 4 nitrogen and oxygen atoms in total. The van der Waals surface area contributed by atoms with Gasteiger partial charge in [-0.1, -0.05) is 6.07 Å². The average molecular weight is 276 g/mol. The lowest BCUT2D eigenvalue weighted by Gasteiger charge is -2.18. The molecule has 84 valence electrons. The number of aliphatic hydroxyl groups is 1. The Morgan fingerprint density at radius 2 is 1.93 bits per heavy atom. The summed E-state index contributed by atoms with van der Waals surface area (Å²) in [6.07, 6.45) is 0. The van der Waals surface area contributed by atoms with Crippen molar-refractivity contribution in [2.24, 2.45) is 0 Å². The number of carboxylic acids is 1. The maximum absolute atomic E-state index is 10.9. The topological polar surface area (TPSA) is 70.4 Å². The summed E-state index contributed by atoms with van der Waals surface area (Å²) < 4.78 is 0.652. The molecule has 5 heteroatoms. The van der Waals surface area contributed by atoms with E-state index in [2.05, 4.69) is 20.9 Å². The fourth-order valence-electron chi connectivity index (χ4n) is 0.866. The number of pyridine rings is 1. The van der Waals surface area contributed by atoms with Crippen LogP contribution in [0.5, 0.6) is 0 Å². The quantitative estimate of drug-likeness (QED) is 0.808. The van der Waals surface area contributed by atoms with Crippen molar-refractivity contribution >= 4 is 21.9 Å². The molecule has 15 heavy (non-hydrogen) atoms. The van der Waals surface area contributed by atoms with Crippen molar-refractivity contribution in [2.45, 2.75) is 19.3 Å². The molecular weight excluding hydrogens is 262 g/mol. The van der Waals surface area contributed by atoms with Crippen LogP contribution in [0.3, 0.4) is 0 Å². The third-order valence-corrected chi connectivity index (χ3v) is 2.33. The molecule has 0 spiro atoms. The van der Waals surface area contributed by atoms with Gasteiger partial charge >= 0.3 is 5.97 Å². The largest absolute Gasteiger partial charge is 0.481 e. The molecule has 1 aromatic rings. The fourth-order valence-corrected chi connectivity index (χ4v) is 1.21. The number of rotatable bonds is 2. The van der Waals surface area contributed by atoms with Gasteiger partial charge < -0.3 is 10.2 Å². The fraction of sp³-hybridized carbons (Fsp3) is 0.400. The molecular formula is C10H14BrNO3. The van der Waals surface area contributed by atoms with Crippen molar-refractivity contribution < 1.29 is 15.0 Å². The van der Waals surface area contributed by atoms with Crippen LogP contribution in [0.4, 0.5) is 0 Å². The van der Waals surface area contributed by atoms with Crippen LogP contribution in [0.15, 0.2) is 22.8 Å². The van der Waals surface area contributed by atoms with Crippen LogP contribution in [0.1, 0.15) is 19.5 Å². The highest BCUT2D eigenvalue weighted by atomic mass is 79.9. The highest BCUT2D eigenvalue weighted by Crippen LogP contribution is 2.22. The van der Waals surface area contributed by atoms with Crippen LogP contribution in [-0.2, 0) is 10.2 Å². The number of halogens is 1. The lowest BCUT2D eigenvalue weighted by molar-refractivity contribution is -0.142. The summed E-state index contributed by atoms with van der Waals surface area (Å²) >= 11 is 3.20. The molecule has 0 saturated carbocycles. The van der Waals surface area contributed by atoms with E-state index < -0.39 is 11.4 Å². The Kier molecular flexibility index (Phi) is 5.46. The zero-order valence-electron chi connectivity index (χ0n) is 8.86. The molecule has 0 unspecified atom stereocenters. The second kappa shape index (κ2) is 5.82. The zero-order chi connectivity index (χ0) is 12.1. The summed E-state index contributed by atoms with van der Waals surface area (Å²) in [6.45, 7) is 3.26. The first kappa shape index (κ1) is 14.1. The molecule has 0 aromatic carbocycles. The van der Waals surface area contributed by atoms with Crippen LogP contribution in [0.25, 0.3) is 0 Å². The van der Waals surface area contributed by atoms with E-state index in [0.29, 0.717) is 10.3 Å². The average Bonchev–Trinajstić information content (AvgIpc) is 2.20. The summed E-state index contributed by atoms with van der Waals surface area (Å²) in [5.74, 6) is -0.877. The number of hydrogen-bond donors (Lipinski definition) is 2. The third-order valence-electron chi connectivity index (χ3n) is 1.89. The smallest absolute Gasteiger partial charge is 0.315 e. The minimum Gasteiger partial charge on any atom is -0.481 e. The molecule has 0 amide bonds. The Bertz CT molecular complexity index is 339. The van der Waals surface area contributed by atoms with E-state index in [1.807, 2.05) is 0 Å². The molecule has 1 heterocycles. The second-order valence-electron chi connectivity index (χ2n) is 3.28. The Balaban J connectivity index is 0.000000921. The lowest BCUT2D eigenvalue weighted by Crippen LogP contribution is -2.29. The maximum Gasteiger partial charge on any atom is 0.315 e. The van der Waals surface area contributed by atoms with Crippen molar-refractivity contribution in [3.8, 4) is 0 Å². The van der Waals surface area contributed by atoms with Crippen LogP contribution in [-0.4, -0.2) is 28.3 Å². The zero-order valence-corrected chi connectivity index (χ0v) is 10.4. The van der Waals surface area contributed by atoms with Gasteiger partial charge in [0, 0.05) is 7.11 Å². The standard InChI is InChI=1S/C9H10BrNO2.CH4O/c1-9(2,8(12)13)6-4-3-5-7(10)11-6;1-2/h3-5H,1-2H3,(H,12,13);2H,1H3. The summed E-state index contributed by atoms with van der Waals surface area (Å²) in [4.78, 5) is 15.0. The normalized spacial score (nSPS) is 10.2. The van der Waals surface area contributed by atoms with E-state index in [9.17, 15) is 4.79 Å². The van der Waals surface area contributed by atoms with Crippen molar-refractivity contribution in [3.05, 3.63) is 28.5 Å². The Morgan fingerprint density at radius 1 is 1.40 bits per heavy atom. The highest BCUT2D eigenvalue weighted by Gasteiger charge is 2.30. The number of aliphatic carboxylic acids is 1. The molecule has 0 saturated heterocycles. The number of aromatic nitrogens is 1. The Hall–Kier alpha value is -0.940. The van der Waals surface area contributed by atoms with Gasteiger partial charge in [0.1, 0.15) is 10.0 Å². The molecule has 0 aliphatic heterocycles. The highest BCUT2D eigenvalue weighted by molar-refractivity contribution is 9.10. The van der Waals surface area contributed by atoms with Gasteiger partial charge in [-0.15, -0.1) is 0 Å². The molecule has 0 fully saturated rings. The summed E-state index contributed by atoms with van der Waals surface area (Å²) in [7, 11) is 1.00. The summed E-state index contributed by atoms with van der Waals surface area (Å²) in [5.41, 5.74) is -0.390. The van der Waals surface area contributed by atoms with Gasteiger partial charge in [-0.25, -0.2) is 4.98 Å². The van der Waals surface area contributed by atoms with Crippen LogP contribution < -0.4 is 0 Å². The van der Waals surface area contributed by atoms with Crippen LogP contribution in [0, 0.1) is 0 Å². The lowest BCUT2D eigenvalue weighted by atomic mass is 9.89. The van der Waals surface area contributed by atoms with Crippen molar-refractivity contribution in [1.82, 2.24) is 4.98 Å². The molecule has 1 aromatic heterocycles. The van der Waals surface area contributed by atoms with Crippen molar-refractivity contribution in [2.75, 3.05) is 7.11 Å². The van der Waals surface area contributed by atoms with E-state index >= 15 is 0 Å². The number of aliphatic hydroxyl groups excluding tert-OH is 1. The molecule has 1 rings (SSSR count). The minimum absolute atomic E-state index is 0.550. The van der Waals surface area contributed by atoms with E-state index in [0.717, 1.165) is 7.11 Å². The van der Waals surface area contributed by atoms with Gasteiger partial charge in [-0.3, -0.25) is 4.79 Å². The second-order valence-corrected chi connectivity index (χ2v) is 4.09. The van der Waals surface area contributed by atoms with Gasteiger partial charge in [0.25, 0.3) is 0 Å². The SMILES string of the molecule is CC(C)(C(=O)O)c1cccc(Br)n1.CO. The van der Waals surface area contributed by atoms with Gasteiger partial charge in [-0.2, -0.15) is 0 Å². The van der Waals surface area contributed by atoms with Gasteiger partial charge in [0.15, 0.2) is 0 Å². The first-order valence-electron chi connectivity index (χ1n) is 4.26. The predicted molar refractivity (Wildman–Crippen MR) is 60.7 cm³/mol. The molecule has 0 atom stereocenters. The number of carboxylic acid groups (broad SMARTS) is 1. The molecule has 0 aliphatic rings. The first-order chi connectivity index (χ1) is 6.94. The third kappa shape index (κ3) is 3.60. The molecule has 0 bridgehead atoms. The van der Waals surface area contributed by atoms with E-state index in [4.69, 9.17) is 10.2 Å². The molecule has 0 aliphatic carbocycles. The van der Waals surface area contributed by atoms with E-state index in [-0.39, 0.29) is 0 Å². The van der Waals surface area contributed by atoms with Gasteiger partial charge in [-0.05, 0) is 41.9 Å². The Labute approximate surface area is 97.1 Å². The summed E-state index contributed by atoms with van der Waals surface area (Å²) in [6, 6.07) is 5.25. The Morgan fingerprint density at radius 3 is 2.33 bits per heavy atom. The predicted octanol–water partition coefficient (Wildman–Crippen LogP) is 1.81. The van der Waals surface area contributed by atoms with E-state index in [1.165, 1.54) is 0 Å². The van der Waals surface area contributed by atoms with Gasteiger partial charge in [0.05, 0.1) is 5.69 Å². The van der Waals surface area contributed by atoms with Crippen LogP contribution >= 0.6 is 15.9 Å². The number of nitrogens with zero attached hydrogens (tertiary/aromatic N) is 1. The van der Waals surface area contributed by atoms with Crippen molar-refractivity contribution in [1.29, 1.82) is 0 Å². The molecule has 0 radical (unpaired) electrons. The monoisotopic (exact) mass is 275 g/mol. The van der Waals surface area contributed by atoms with E-state index in [1.54, 1.807) is 32.0 Å². The first-order valence-corrected chi connectivity index (χ1v) is 5.05. The molecule has 2 N–H and O–H groups in total. The number of hydrogen-bond acceptors (Lipinski definition) is 3. The summed E-state index contributed by atoms with van der Waals surface area (Å²) in [5, 5.41) is 15.9. The van der Waals surface area contributed by atoms with Gasteiger partial charge in [0.2, 0.25) is 0 Å². The van der Waals surface area contributed by atoms with Crippen molar-refractivity contribution in [3.63, 3.8) is 0 Å². The minimum atomic E-state index is -0.941.